The zero-order valence-electron chi connectivity index (χ0n) is 7.46. The highest BCUT2D eigenvalue weighted by atomic mass is 35.5. The summed E-state index contributed by atoms with van der Waals surface area (Å²) in [5.41, 5.74) is -1.31. The molecule has 0 aliphatic heterocycles. The molecule has 0 aliphatic carbocycles. The Kier molecular flexibility index (Phi) is 2.90. The van der Waals surface area contributed by atoms with Crippen molar-refractivity contribution in [1.82, 2.24) is 9.13 Å². The molecule has 0 fully saturated rings. The molecule has 1 rings (SSSR count). The smallest absolute Gasteiger partial charge is 0.287 e. The molecule has 6 heteroatoms. The summed E-state index contributed by atoms with van der Waals surface area (Å²) in [6.45, 7) is 2.54. The Morgan fingerprint density at radius 3 is 2.71 bits per heavy atom. The maximum atomic E-state index is 12.4. The average Bonchev–Trinajstić information content (AvgIpc) is 2.09. The van der Waals surface area contributed by atoms with Gasteiger partial charge in [-0.2, -0.15) is 0 Å². The molecule has 1 heterocycles. The van der Waals surface area contributed by atoms with Crippen LogP contribution in [0.2, 0.25) is 5.15 Å². The van der Waals surface area contributed by atoms with E-state index in [0.29, 0.717) is 4.57 Å². The van der Waals surface area contributed by atoms with Crippen LogP contribution in [0.15, 0.2) is 28.1 Å². The lowest BCUT2D eigenvalue weighted by molar-refractivity contribution is 0.526. The summed E-state index contributed by atoms with van der Waals surface area (Å²) in [6.07, 6.45) is 0. The first-order valence-electron chi connectivity index (χ1n) is 3.73. The van der Waals surface area contributed by atoms with Gasteiger partial charge in [-0.05, 0) is 0 Å². The van der Waals surface area contributed by atoms with Crippen molar-refractivity contribution in [2.75, 3.05) is 0 Å². The highest BCUT2D eigenvalue weighted by Crippen LogP contribution is 1.99. The first-order chi connectivity index (χ1) is 6.43. The molecule has 0 spiro atoms. The maximum Gasteiger partial charge on any atom is 0.332 e. The number of rotatable bonds is 2. The number of aromatic nitrogens is 2. The quantitative estimate of drug-likeness (QED) is 0.686. The standard InChI is InChI=1S/C8H8ClFN2O2/c1-5(10)4-12-7(13)3-6(9)11(2)8(12)14/h3H,1,4H2,2H3. The molecule has 0 saturated heterocycles. The summed E-state index contributed by atoms with van der Waals surface area (Å²) in [6, 6.07) is 1.05. The van der Waals surface area contributed by atoms with Crippen molar-refractivity contribution >= 4 is 11.6 Å². The number of allylic oxidation sites excluding steroid dienone is 1. The molecule has 0 atom stereocenters. The van der Waals surface area contributed by atoms with E-state index in [1.807, 2.05) is 0 Å². The van der Waals surface area contributed by atoms with Crippen molar-refractivity contribution in [2.45, 2.75) is 6.54 Å². The SMILES string of the molecule is C=C(F)Cn1c(=O)cc(Cl)n(C)c1=O. The predicted octanol–water partition coefficient (Wildman–Crippen LogP) is 0.684. The molecule has 0 bridgehead atoms. The van der Waals surface area contributed by atoms with Crippen LogP contribution in [-0.4, -0.2) is 9.13 Å². The Morgan fingerprint density at radius 1 is 1.64 bits per heavy atom. The summed E-state index contributed by atoms with van der Waals surface area (Å²) in [4.78, 5) is 22.6. The lowest BCUT2D eigenvalue weighted by atomic mass is 10.5. The summed E-state index contributed by atoms with van der Waals surface area (Å²) in [7, 11) is 1.39. The van der Waals surface area contributed by atoms with Gasteiger partial charge in [0.15, 0.2) is 0 Å². The van der Waals surface area contributed by atoms with Gasteiger partial charge in [0, 0.05) is 13.1 Å². The van der Waals surface area contributed by atoms with Gasteiger partial charge >= 0.3 is 5.69 Å². The molecule has 0 saturated carbocycles. The summed E-state index contributed by atoms with van der Waals surface area (Å²) >= 11 is 5.56. The van der Waals surface area contributed by atoms with Crippen LogP contribution in [0.25, 0.3) is 0 Å². The van der Waals surface area contributed by atoms with Crippen molar-refractivity contribution in [1.29, 1.82) is 0 Å². The Morgan fingerprint density at radius 2 is 2.21 bits per heavy atom. The number of hydrogen-bond donors (Lipinski definition) is 0. The summed E-state index contributed by atoms with van der Waals surface area (Å²) in [5, 5.41) is 0.0146. The third-order valence-electron chi connectivity index (χ3n) is 1.68. The number of nitrogens with zero attached hydrogens (tertiary/aromatic N) is 2. The number of halogens is 2. The van der Waals surface area contributed by atoms with E-state index in [1.54, 1.807) is 0 Å². The average molecular weight is 219 g/mol. The lowest BCUT2D eigenvalue weighted by Crippen LogP contribution is -2.38. The van der Waals surface area contributed by atoms with E-state index in [4.69, 9.17) is 11.6 Å². The first kappa shape index (κ1) is 10.7. The van der Waals surface area contributed by atoms with Gasteiger partial charge in [0.25, 0.3) is 5.56 Å². The van der Waals surface area contributed by atoms with Gasteiger partial charge in [-0.1, -0.05) is 18.2 Å². The van der Waals surface area contributed by atoms with E-state index < -0.39 is 23.6 Å². The van der Waals surface area contributed by atoms with Crippen molar-refractivity contribution in [2.24, 2.45) is 7.05 Å². The third kappa shape index (κ3) is 1.93. The van der Waals surface area contributed by atoms with Gasteiger partial charge < -0.3 is 0 Å². The molecule has 1 aromatic heterocycles. The molecule has 0 N–H and O–H groups in total. The monoisotopic (exact) mass is 218 g/mol. The van der Waals surface area contributed by atoms with Crippen molar-refractivity contribution < 1.29 is 4.39 Å². The minimum Gasteiger partial charge on any atom is -0.287 e. The van der Waals surface area contributed by atoms with Crippen LogP contribution in [0.4, 0.5) is 4.39 Å². The van der Waals surface area contributed by atoms with Crippen molar-refractivity contribution in [3.63, 3.8) is 0 Å². The molecule has 14 heavy (non-hydrogen) atoms. The molecule has 76 valence electrons. The highest BCUT2D eigenvalue weighted by Gasteiger charge is 2.07. The van der Waals surface area contributed by atoms with Crippen LogP contribution in [0, 0.1) is 0 Å². The van der Waals surface area contributed by atoms with Crippen LogP contribution >= 0.6 is 11.6 Å². The van der Waals surface area contributed by atoms with Gasteiger partial charge in [0.05, 0.1) is 6.54 Å². The van der Waals surface area contributed by atoms with Crippen LogP contribution in [0.1, 0.15) is 0 Å². The molecule has 0 amide bonds. The molecule has 4 nitrogen and oxygen atoms in total. The fraction of sp³-hybridized carbons (Fsp3) is 0.250. The highest BCUT2D eigenvalue weighted by molar-refractivity contribution is 6.29. The molecular formula is C8H8ClFN2O2. The molecule has 0 radical (unpaired) electrons. The fourth-order valence-corrected chi connectivity index (χ4v) is 1.13. The Balaban J connectivity index is 3.45. The Hall–Kier alpha value is -1.36. The van der Waals surface area contributed by atoms with E-state index >= 15 is 0 Å². The van der Waals surface area contributed by atoms with E-state index in [9.17, 15) is 14.0 Å². The second-order valence-corrected chi connectivity index (χ2v) is 3.14. The largest absolute Gasteiger partial charge is 0.332 e. The molecule has 0 unspecified atom stereocenters. The van der Waals surface area contributed by atoms with Gasteiger partial charge in [-0.15, -0.1) is 0 Å². The van der Waals surface area contributed by atoms with E-state index in [2.05, 4.69) is 6.58 Å². The minimum absolute atomic E-state index is 0.0146. The van der Waals surface area contributed by atoms with Crippen LogP contribution in [-0.2, 0) is 13.6 Å². The van der Waals surface area contributed by atoms with Gasteiger partial charge in [0.2, 0.25) is 0 Å². The van der Waals surface area contributed by atoms with Crippen molar-refractivity contribution in [3.05, 3.63) is 44.5 Å². The molecule has 0 aliphatic rings. The van der Waals surface area contributed by atoms with E-state index in [1.165, 1.54) is 7.05 Å². The zero-order valence-corrected chi connectivity index (χ0v) is 8.21. The predicted molar refractivity (Wildman–Crippen MR) is 51.2 cm³/mol. The molecule has 1 aromatic rings. The zero-order chi connectivity index (χ0) is 10.9. The topological polar surface area (TPSA) is 44.0 Å². The second kappa shape index (κ2) is 3.79. The maximum absolute atomic E-state index is 12.4. The molecule has 0 aromatic carbocycles. The van der Waals surface area contributed by atoms with Crippen molar-refractivity contribution in [3.8, 4) is 0 Å². The van der Waals surface area contributed by atoms with E-state index in [0.717, 1.165) is 10.6 Å². The van der Waals surface area contributed by atoms with Crippen LogP contribution in [0.5, 0.6) is 0 Å². The fourth-order valence-electron chi connectivity index (χ4n) is 0.960. The summed E-state index contributed by atoms with van der Waals surface area (Å²) < 4.78 is 14.2. The van der Waals surface area contributed by atoms with Gasteiger partial charge in [-0.25, -0.2) is 9.18 Å². The van der Waals surface area contributed by atoms with Crippen LogP contribution < -0.4 is 11.2 Å². The second-order valence-electron chi connectivity index (χ2n) is 2.75. The minimum atomic E-state index is -0.758. The Bertz CT molecular complexity index is 489. The van der Waals surface area contributed by atoms with Gasteiger partial charge in [-0.3, -0.25) is 13.9 Å². The van der Waals surface area contributed by atoms with Crippen LogP contribution in [0.3, 0.4) is 0 Å². The summed E-state index contributed by atoms with van der Waals surface area (Å²) in [5.74, 6) is -0.758. The third-order valence-corrected chi connectivity index (χ3v) is 2.04. The molecular weight excluding hydrogens is 211 g/mol. The van der Waals surface area contributed by atoms with Gasteiger partial charge in [0.1, 0.15) is 11.0 Å². The first-order valence-corrected chi connectivity index (χ1v) is 4.11. The number of hydrogen-bond acceptors (Lipinski definition) is 2. The van der Waals surface area contributed by atoms with E-state index in [-0.39, 0.29) is 5.15 Å². The lowest BCUT2D eigenvalue weighted by Gasteiger charge is -2.05. The normalized spacial score (nSPS) is 10.2. The Labute approximate surface area is 83.9 Å².